The van der Waals surface area contributed by atoms with Crippen LogP contribution in [-0.2, 0) is 99.4 Å². The number of nitrogens with one attached hydrogen (secondary N) is 4. The number of ether oxygens (including phenoxy) is 2. The van der Waals surface area contributed by atoms with Gasteiger partial charge in [-0.25, -0.2) is 19.9 Å². The molecule has 0 spiro atoms. The summed E-state index contributed by atoms with van der Waals surface area (Å²) in [6, 6.07) is 98.1. The van der Waals surface area contributed by atoms with Crippen molar-refractivity contribution in [1.29, 1.82) is 0 Å². The van der Waals surface area contributed by atoms with Crippen LogP contribution in [0.5, 0.6) is 28.7 Å². The van der Waals surface area contributed by atoms with E-state index in [-0.39, 0.29) is 105 Å². The minimum Gasteiger partial charge on any atom is -0.508 e. The van der Waals surface area contributed by atoms with Crippen LogP contribution < -0.4 is 9.47 Å². The molecule has 0 fully saturated rings. The molecule has 0 bridgehead atoms. The predicted molar refractivity (Wildman–Crippen MR) is 424 cm³/mol. The number of aromatic hydroxyl groups is 2. The Bertz CT molecular complexity index is 5030. The van der Waals surface area contributed by atoms with Crippen LogP contribution >= 0.6 is 0 Å². The number of nitrogens with zero attached hydrogens (tertiary/aromatic N) is 4. The molecule has 12 aromatic carbocycles. The Balaban J connectivity index is 0.000000395. The number of H-pyrrole nitrogens is 4. The summed E-state index contributed by atoms with van der Waals surface area (Å²) < 4.78 is 27.7. The number of aromatic nitrogens is 8. The van der Waals surface area contributed by atoms with Gasteiger partial charge in [0.2, 0.25) is 0 Å². The van der Waals surface area contributed by atoms with E-state index in [0.29, 0.717) is 0 Å². The SMILES string of the molecule is C.C.C.C=O.C=O.COc1ccc(-c2nc3ccc(Cc4ccc5nc(-c6ccc(Oc7cc[c-]cc7)cc6)[nH]c5c4)cc3[nH]2)cc1.Cc1cc[c-]cc1.Cc1cc[c-]cc1.Cc1cc[c-]cc1.O.O=S=O.Oc1ccc(-c2nc3ccc(Cc4ccc5nc(-c6ccc(O)cc6)[nH]c5c4)cc3[nH]2)cc1.[Y].[Y]. The summed E-state index contributed by atoms with van der Waals surface area (Å²) in [7, 11) is 1.67. The molecule has 542 valence electrons. The standard InChI is InChI=1S/C34H25N4O2.C27H20N4O2.3C7H7.2CH2O.3CH4.O2S.H2O.2Y/c1-39-26-13-9-24(10-14-26)33-35-29-17-7-22(20-31(29)37-33)19-23-8-18-30-32(21-23)38-34(36-30)25-11-15-28(16-12-25)40-27-5-3-2-4-6-27;32-20-7-3-18(4-8-20)26-28-22-11-1-16(14-24(22)30-26)13-17-2-12-23-25(15-17)31-27(29-23)19-5-9-21(33)10-6-19;3*1-7-5-3-2-4-6-7;2*1-2;;;;1-3-2;;;/h3-18,20-21H,19H2,1H3,(H,35,37)(H,36,38);1-12,14-15,32-33H,13H2,(H,28,30)(H,29,31);3*3-6H,1H3;2*1H2;3*1H4;;1H2;;/q-1;;3*-1;;;;;;;;;. The molecule has 0 amide bonds. The average Bonchev–Trinajstić information content (AvgIpc) is 1.67. The number of hydrogen-bond acceptors (Lipinski definition) is 12. The van der Waals surface area contributed by atoms with Crippen LogP contribution in [0.4, 0.5) is 0 Å². The van der Waals surface area contributed by atoms with Crippen molar-refractivity contribution in [1.82, 2.24) is 39.9 Å². The zero-order chi connectivity index (χ0) is 71.3. The third kappa shape index (κ3) is 26.9. The van der Waals surface area contributed by atoms with E-state index >= 15 is 0 Å². The zero-order valence-corrected chi connectivity index (χ0v) is 63.9. The first-order valence-corrected chi connectivity index (χ1v) is 32.3. The topological polar surface area (TPSA) is 273 Å². The number of aromatic amines is 4. The molecular weight excluding hydrogens is 1510 g/mol. The fourth-order valence-corrected chi connectivity index (χ4v) is 10.3. The summed E-state index contributed by atoms with van der Waals surface area (Å²) in [4.78, 5) is 48.6. The third-order valence-corrected chi connectivity index (χ3v) is 15.4. The summed E-state index contributed by atoms with van der Waals surface area (Å²) >= 11 is -0.750. The van der Waals surface area contributed by atoms with Gasteiger partial charge in [-0.2, -0.15) is 134 Å². The summed E-state index contributed by atoms with van der Waals surface area (Å²) in [5.74, 6) is 6.10. The fourth-order valence-electron chi connectivity index (χ4n) is 10.3. The number of methoxy groups -OCH3 is 1. The van der Waals surface area contributed by atoms with Crippen molar-refractivity contribution < 1.29 is 109 Å². The first-order valence-electron chi connectivity index (χ1n) is 31.6. The van der Waals surface area contributed by atoms with Gasteiger partial charge in [0.1, 0.15) is 59.9 Å². The Morgan fingerprint density at radius 2 is 0.579 bits per heavy atom. The van der Waals surface area contributed by atoms with Crippen molar-refractivity contribution in [3.63, 3.8) is 0 Å². The van der Waals surface area contributed by atoms with Crippen molar-refractivity contribution >= 4 is 69.3 Å². The van der Waals surface area contributed by atoms with Crippen LogP contribution in [0.2, 0.25) is 0 Å². The molecule has 0 saturated carbocycles. The van der Waals surface area contributed by atoms with E-state index in [1.807, 2.05) is 196 Å². The van der Waals surface area contributed by atoms with E-state index in [1.54, 1.807) is 31.4 Å². The van der Waals surface area contributed by atoms with Gasteiger partial charge >= 0.3 is 11.6 Å². The van der Waals surface area contributed by atoms with Gasteiger partial charge in [0, 0.05) is 93.4 Å². The van der Waals surface area contributed by atoms with E-state index in [9.17, 15) is 10.2 Å². The van der Waals surface area contributed by atoms with Crippen LogP contribution in [0.1, 0.15) is 61.2 Å². The molecule has 0 saturated heterocycles. The van der Waals surface area contributed by atoms with Crippen LogP contribution in [0.3, 0.4) is 0 Å². The Hall–Kier alpha value is -11.0. The molecule has 16 aromatic rings. The molecule has 0 unspecified atom stereocenters. The Morgan fingerprint density at radius 3 is 0.813 bits per heavy atom. The van der Waals surface area contributed by atoms with Gasteiger partial charge < -0.3 is 54.7 Å². The predicted octanol–water partition coefficient (Wildman–Crippen LogP) is 19.2. The molecular formula is C87H84N8O9SY2-4. The smallest absolute Gasteiger partial charge is 0.335 e. The fraction of sp³-hybridized carbons (Fsp3) is 0.103. The second-order valence-electron chi connectivity index (χ2n) is 22.6. The van der Waals surface area contributed by atoms with Crippen molar-refractivity contribution in [2.24, 2.45) is 0 Å². The van der Waals surface area contributed by atoms with Crippen LogP contribution in [0.15, 0.2) is 267 Å². The number of imidazole rings is 4. The van der Waals surface area contributed by atoms with Gasteiger partial charge in [-0.05, 0) is 181 Å². The van der Waals surface area contributed by atoms with Crippen molar-refractivity contribution in [2.45, 2.75) is 55.9 Å². The van der Waals surface area contributed by atoms with E-state index < -0.39 is 11.6 Å². The molecule has 17 nitrogen and oxygen atoms in total. The van der Waals surface area contributed by atoms with Crippen molar-refractivity contribution in [3.05, 3.63) is 330 Å². The van der Waals surface area contributed by atoms with Crippen LogP contribution in [-0.4, -0.2) is 84.7 Å². The number of carbonyl (C=O) groups is 2. The Kier molecular flexibility index (Phi) is 39.5. The zero-order valence-electron chi connectivity index (χ0n) is 57.4. The maximum Gasteiger partial charge on any atom is 0.335 e. The molecule has 4 aromatic heterocycles. The summed E-state index contributed by atoms with van der Waals surface area (Å²) in [6.45, 7) is 10.2. The number of hydrogen-bond donors (Lipinski definition) is 6. The van der Waals surface area contributed by atoms with Gasteiger partial charge in [-0.1, -0.05) is 67.3 Å². The quantitative estimate of drug-likeness (QED) is 0.0660. The number of carbonyl (C=O) groups excluding carboxylic acids is 2. The number of fused-ring (bicyclic) bond motifs is 4. The number of rotatable bonds is 11. The van der Waals surface area contributed by atoms with Crippen molar-refractivity contribution in [3.8, 4) is 74.3 Å². The van der Waals surface area contributed by atoms with E-state index in [2.05, 4.69) is 136 Å². The van der Waals surface area contributed by atoms with Crippen molar-refractivity contribution in [2.75, 3.05) is 7.11 Å². The first kappa shape index (κ1) is 90.3. The largest absolute Gasteiger partial charge is 0.508 e. The van der Waals surface area contributed by atoms with Crippen LogP contribution in [0.25, 0.3) is 89.7 Å². The number of phenolic OH excluding ortho intramolecular Hbond substituents is 2. The number of aryl methyl sites for hydroxylation is 3. The molecule has 2 radical (unpaired) electrons. The monoisotopic (exact) mass is 1590 g/mol. The summed E-state index contributed by atoms with van der Waals surface area (Å²) in [5.41, 5.74) is 20.2. The molecule has 16 rings (SSSR count). The normalized spacial score (nSPS) is 9.61. The van der Waals surface area contributed by atoms with Gasteiger partial charge in [0.25, 0.3) is 0 Å². The van der Waals surface area contributed by atoms with E-state index in [4.69, 9.17) is 37.4 Å². The summed E-state index contributed by atoms with van der Waals surface area (Å²) in [6.07, 6.45) is 1.59. The number of benzene rings is 12. The van der Waals surface area contributed by atoms with Gasteiger partial charge in [-0.15, -0.1) is 12.1 Å². The van der Waals surface area contributed by atoms with E-state index in [0.717, 1.165) is 120 Å². The van der Waals surface area contributed by atoms with Gasteiger partial charge in [-0.3, -0.25) is 0 Å². The molecule has 0 aliphatic carbocycles. The second-order valence-corrected chi connectivity index (χ2v) is 22.7. The first-order chi connectivity index (χ1) is 49.4. The van der Waals surface area contributed by atoms with E-state index in [1.165, 1.54) is 38.9 Å². The second kappa shape index (κ2) is 46.8. The molecule has 0 aliphatic rings. The number of phenols is 2. The maximum absolute atomic E-state index is 9.51. The molecule has 8 N–H and O–H groups in total. The Labute approximate surface area is 679 Å². The minimum atomic E-state index is -0.750. The van der Waals surface area contributed by atoms with Gasteiger partial charge in [0.15, 0.2) is 0 Å². The Morgan fingerprint density at radius 1 is 0.355 bits per heavy atom. The molecule has 4 heterocycles. The molecule has 107 heavy (non-hydrogen) atoms. The average molecular weight is 1600 g/mol. The molecule has 0 aliphatic heterocycles. The summed E-state index contributed by atoms with van der Waals surface area (Å²) in [5, 5.41) is 19.0. The molecule has 0 atom stereocenters. The maximum atomic E-state index is 9.51. The van der Waals surface area contributed by atoms with Crippen LogP contribution in [0, 0.1) is 45.0 Å². The van der Waals surface area contributed by atoms with Gasteiger partial charge in [0.05, 0.1) is 51.2 Å². The minimum absolute atomic E-state index is 0. The third-order valence-electron chi connectivity index (χ3n) is 15.4. The molecule has 20 heteroatoms.